The minimum atomic E-state index is -1.75. The summed E-state index contributed by atoms with van der Waals surface area (Å²) in [5, 5.41) is 14.1. The third kappa shape index (κ3) is 6.80. The van der Waals surface area contributed by atoms with Gasteiger partial charge in [0.05, 0.1) is 24.1 Å². The van der Waals surface area contributed by atoms with Crippen LogP contribution in [0.3, 0.4) is 0 Å². The minimum Gasteiger partial charge on any atom is -0.458 e. The van der Waals surface area contributed by atoms with E-state index in [9.17, 15) is 19.5 Å². The van der Waals surface area contributed by atoms with Crippen LogP contribution in [0.2, 0.25) is 0 Å². The van der Waals surface area contributed by atoms with Gasteiger partial charge in [-0.2, -0.15) is 0 Å². The van der Waals surface area contributed by atoms with E-state index < -0.39 is 59.6 Å². The molecular weight excluding hydrogens is 552 g/mol. The average Bonchev–Trinajstić information content (AvgIpc) is 3.65. The highest BCUT2D eigenvalue weighted by molar-refractivity contribution is 5.95. The van der Waals surface area contributed by atoms with Crippen molar-refractivity contribution in [2.75, 3.05) is 19.1 Å². The number of esters is 1. The summed E-state index contributed by atoms with van der Waals surface area (Å²) in [5.74, 6) is 1.03. The number of fused-ring (bicyclic) bond motifs is 5. The van der Waals surface area contributed by atoms with Crippen LogP contribution in [0.4, 0.5) is 10.5 Å². The third-order valence-electron chi connectivity index (χ3n) is 8.60. The van der Waals surface area contributed by atoms with Crippen LogP contribution in [0, 0.1) is 24.2 Å². The number of alkyl carbamates (subject to hydrolysis) is 1. The molecule has 43 heavy (non-hydrogen) atoms. The van der Waals surface area contributed by atoms with E-state index in [4.69, 9.17) is 25.4 Å². The number of benzene rings is 1. The first-order valence-corrected chi connectivity index (χ1v) is 14.5. The van der Waals surface area contributed by atoms with Crippen molar-refractivity contribution in [2.45, 2.75) is 89.6 Å². The lowest BCUT2D eigenvalue weighted by atomic mass is 9.83. The van der Waals surface area contributed by atoms with E-state index in [1.165, 1.54) is 12.0 Å². The highest BCUT2D eigenvalue weighted by Gasteiger charge is 2.64. The zero-order valence-corrected chi connectivity index (χ0v) is 25.9. The maximum Gasteiger partial charge on any atom is 0.409 e. The number of amides is 2. The van der Waals surface area contributed by atoms with E-state index in [1.807, 2.05) is 32.1 Å². The zero-order valence-electron chi connectivity index (χ0n) is 25.9. The molecule has 2 saturated heterocycles. The molecule has 2 fully saturated rings. The highest BCUT2D eigenvalue weighted by atomic mass is 16.7. The van der Waals surface area contributed by atoms with Gasteiger partial charge in [-0.3, -0.25) is 14.9 Å². The lowest BCUT2D eigenvalue weighted by Crippen LogP contribution is -2.63. The highest BCUT2D eigenvalue weighted by Crippen LogP contribution is 2.49. The van der Waals surface area contributed by atoms with Gasteiger partial charge < -0.3 is 29.0 Å². The quantitative estimate of drug-likeness (QED) is 0.309. The largest absolute Gasteiger partial charge is 0.458 e. The second-order valence-corrected chi connectivity index (χ2v) is 12.2. The number of hydrogen-bond acceptors (Lipinski definition) is 8. The van der Waals surface area contributed by atoms with Gasteiger partial charge in [0.2, 0.25) is 5.91 Å². The SMILES string of the molecule is C#Cc1ccc2cc1N(C)C(=O)C[C@H](OC(=O)C(C)C)[C@]1(C)O[C@H]1[C@H](C)[C@@H]1C[C@@](O)(NC(=O)O1)[C@H](OC)/C=C/C=C(\C)C2. The Morgan fingerprint density at radius 3 is 2.67 bits per heavy atom. The van der Waals surface area contributed by atoms with Crippen LogP contribution in [0.1, 0.15) is 58.6 Å². The fourth-order valence-corrected chi connectivity index (χ4v) is 5.84. The molecular formula is C33H42N2O8. The number of ether oxygens (including phenoxy) is 4. The molecule has 2 N–H and O–H groups in total. The summed E-state index contributed by atoms with van der Waals surface area (Å²) in [7, 11) is 3.10. The van der Waals surface area contributed by atoms with Gasteiger partial charge in [-0.25, -0.2) is 4.79 Å². The molecule has 0 spiro atoms. The fourth-order valence-electron chi connectivity index (χ4n) is 5.84. The first-order valence-electron chi connectivity index (χ1n) is 14.5. The van der Waals surface area contributed by atoms with E-state index in [-0.39, 0.29) is 18.7 Å². The standard InChI is InChI=1S/C33H42N2O8/c1-9-23-14-13-22-15-20(4)11-10-12-26(40-8)33(39)18-25(41-31(38)34-33)21(5)29-32(6,43-29)27(42-30(37)19(2)3)17-28(36)35(7)24(23)16-22/h1,10-14,16,19,21,25-27,29,39H,15,17-18H2,2-8H3,(H,34,38)/b12-10+,20-11+/t21-,25+,26-,27+,29+,32+,33+/m1/s1. The predicted octanol–water partition coefficient (Wildman–Crippen LogP) is 3.64. The average molecular weight is 595 g/mol. The number of epoxide rings is 1. The van der Waals surface area contributed by atoms with Crippen molar-refractivity contribution in [1.82, 2.24) is 5.32 Å². The molecule has 0 radical (unpaired) electrons. The number of carbonyl (C=O) groups excluding carboxylic acids is 3. The number of carbonyl (C=O) groups is 3. The van der Waals surface area contributed by atoms with Crippen LogP contribution in [0.15, 0.2) is 42.0 Å². The molecule has 2 amide bonds. The first-order chi connectivity index (χ1) is 20.2. The molecule has 0 aromatic heterocycles. The molecule has 1 aromatic rings. The Kier molecular flexibility index (Phi) is 9.40. The second-order valence-electron chi connectivity index (χ2n) is 12.2. The topological polar surface area (TPSA) is 127 Å². The van der Waals surface area contributed by atoms with Crippen molar-refractivity contribution in [3.05, 3.63) is 53.1 Å². The van der Waals surface area contributed by atoms with E-state index in [2.05, 4.69) is 11.2 Å². The lowest BCUT2D eigenvalue weighted by Gasteiger charge is -2.42. The van der Waals surface area contributed by atoms with Crippen molar-refractivity contribution < 1.29 is 38.4 Å². The van der Waals surface area contributed by atoms with Gasteiger partial charge in [-0.05, 0) is 38.0 Å². The molecule has 3 aliphatic rings. The molecule has 7 atom stereocenters. The van der Waals surface area contributed by atoms with Gasteiger partial charge in [-0.1, -0.05) is 56.6 Å². The minimum absolute atomic E-state index is 0.0141. The van der Waals surface area contributed by atoms with Crippen LogP contribution < -0.4 is 10.2 Å². The fraction of sp³-hybridized carbons (Fsp3) is 0.545. The first kappa shape index (κ1) is 32.3. The Balaban J connectivity index is 1.78. The smallest absolute Gasteiger partial charge is 0.409 e. The summed E-state index contributed by atoms with van der Waals surface area (Å²) < 4.78 is 23.2. The Labute approximate surface area is 253 Å². The normalized spacial score (nSPS) is 35.0. The number of aliphatic hydroxyl groups is 1. The summed E-state index contributed by atoms with van der Waals surface area (Å²) in [5.41, 5.74) is 0.262. The third-order valence-corrected chi connectivity index (χ3v) is 8.60. The van der Waals surface area contributed by atoms with Crippen molar-refractivity contribution in [3.63, 3.8) is 0 Å². The van der Waals surface area contributed by atoms with Gasteiger partial charge in [0.25, 0.3) is 0 Å². The van der Waals surface area contributed by atoms with Gasteiger partial charge in [0, 0.05) is 32.1 Å². The molecule has 0 unspecified atom stereocenters. The maximum atomic E-state index is 13.7. The van der Waals surface area contributed by atoms with Crippen LogP contribution >= 0.6 is 0 Å². The van der Waals surface area contributed by atoms with Crippen molar-refractivity contribution in [2.24, 2.45) is 11.8 Å². The van der Waals surface area contributed by atoms with Gasteiger partial charge >= 0.3 is 12.1 Å². The van der Waals surface area contributed by atoms with Crippen molar-refractivity contribution in [3.8, 4) is 12.3 Å². The summed E-state index contributed by atoms with van der Waals surface area (Å²) in [6.45, 7) is 9.01. The number of nitrogens with zero attached hydrogens (tertiary/aromatic N) is 1. The number of methoxy groups -OCH3 is 1. The van der Waals surface area contributed by atoms with E-state index in [0.29, 0.717) is 17.7 Å². The molecule has 3 heterocycles. The molecule has 4 bridgehead atoms. The van der Waals surface area contributed by atoms with Crippen molar-refractivity contribution in [1.29, 1.82) is 0 Å². The number of terminal acetylenes is 1. The predicted molar refractivity (Wildman–Crippen MR) is 160 cm³/mol. The molecule has 0 saturated carbocycles. The lowest BCUT2D eigenvalue weighted by molar-refractivity contribution is -0.157. The number of anilines is 1. The van der Waals surface area contributed by atoms with Gasteiger partial charge in [-0.15, -0.1) is 6.42 Å². The van der Waals surface area contributed by atoms with E-state index in [0.717, 1.165) is 11.1 Å². The number of allylic oxidation sites excluding steroid dienone is 3. The Hall–Kier alpha value is -3.65. The van der Waals surface area contributed by atoms with E-state index >= 15 is 0 Å². The maximum absolute atomic E-state index is 13.7. The Morgan fingerprint density at radius 2 is 2.02 bits per heavy atom. The molecule has 0 aliphatic carbocycles. The number of hydrogen-bond donors (Lipinski definition) is 2. The summed E-state index contributed by atoms with van der Waals surface area (Å²) in [6.07, 6.45) is 7.68. The molecule has 3 aliphatic heterocycles. The van der Waals surface area contributed by atoms with Gasteiger partial charge in [0.1, 0.15) is 23.9 Å². The molecule has 4 rings (SSSR count). The monoisotopic (exact) mass is 594 g/mol. The van der Waals surface area contributed by atoms with Crippen LogP contribution in [0.25, 0.3) is 0 Å². The summed E-state index contributed by atoms with van der Waals surface area (Å²) in [4.78, 5) is 40.7. The Bertz CT molecular complexity index is 1360. The van der Waals surface area contributed by atoms with Crippen LogP contribution in [-0.4, -0.2) is 73.0 Å². The second kappa shape index (κ2) is 12.5. The Morgan fingerprint density at radius 1 is 1.30 bits per heavy atom. The summed E-state index contributed by atoms with van der Waals surface area (Å²) >= 11 is 0. The number of nitrogens with one attached hydrogen (secondary N) is 1. The molecule has 10 nitrogen and oxygen atoms in total. The number of rotatable bonds is 3. The molecule has 1 aromatic carbocycles. The van der Waals surface area contributed by atoms with Crippen LogP contribution in [-0.2, 0) is 35.0 Å². The molecule has 232 valence electrons. The summed E-state index contributed by atoms with van der Waals surface area (Å²) in [6, 6.07) is 5.60. The van der Waals surface area contributed by atoms with Crippen LogP contribution in [0.5, 0.6) is 0 Å². The zero-order chi connectivity index (χ0) is 31.7. The van der Waals surface area contributed by atoms with Gasteiger partial charge in [0.15, 0.2) is 5.72 Å². The van der Waals surface area contributed by atoms with E-state index in [1.54, 1.807) is 46.0 Å². The molecule has 10 heteroatoms. The van der Waals surface area contributed by atoms with Crippen molar-refractivity contribution >= 4 is 23.7 Å².